The molecule has 2 atom stereocenters. The summed E-state index contributed by atoms with van der Waals surface area (Å²) in [6.07, 6.45) is 3.69. The molecule has 0 aromatic carbocycles. The number of hydrogen-bond donors (Lipinski definition) is 7. The Labute approximate surface area is 254 Å². The minimum atomic E-state index is 0.674. The molecule has 0 radical (unpaired) electrons. The Bertz CT molecular complexity index is 523. The summed E-state index contributed by atoms with van der Waals surface area (Å²) in [5.41, 5.74) is 23.3. The Morgan fingerprint density at radius 3 is 1.39 bits per heavy atom. The van der Waals surface area contributed by atoms with Crippen molar-refractivity contribution in [2.24, 2.45) is 34.8 Å². The first-order valence-electron chi connectivity index (χ1n) is 16.8. The highest BCUT2D eigenvalue weighted by atomic mass is 15.3. The molecule has 0 aliphatic carbocycles. The maximum absolute atomic E-state index is 5.88. The lowest BCUT2D eigenvalue weighted by atomic mass is 10.1. The molecule has 0 saturated heterocycles. The summed E-state index contributed by atoms with van der Waals surface area (Å²) < 4.78 is 0. The molecular formula is C30H73N11. The molecule has 41 heavy (non-hydrogen) atoms. The average molecular weight is 588 g/mol. The van der Waals surface area contributed by atoms with Crippen LogP contribution >= 0.6 is 0 Å². The van der Waals surface area contributed by atoms with E-state index in [0.29, 0.717) is 32.1 Å². The Balaban J connectivity index is 4.97. The summed E-state index contributed by atoms with van der Waals surface area (Å²) in [6.45, 7) is 28.8. The van der Waals surface area contributed by atoms with Gasteiger partial charge in [-0.15, -0.1) is 0 Å². The number of nitrogens with one attached hydrogen (secondary N) is 3. The predicted molar refractivity (Wildman–Crippen MR) is 179 cm³/mol. The van der Waals surface area contributed by atoms with Gasteiger partial charge in [0.1, 0.15) is 0 Å². The summed E-state index contributed by atoms with van der Waals surface area (Å²) >= 11 is 0. The fraction of sp³-hybridized carbons (Fsp3) is 1.00. The second-order valence-corrected chi connectivity index (χ2v) is 11.7. The molecule has 248 valence electrons. The Kier molecular flexibility index (Phi) is 29.3. The van der Waals surface area contributed by atoms with Gasteiger partial charge in [0.15, 0.2) is 0 Å². The molecule has 0 fully saturated rings. The quantitative estimate of drug-likeness (QED) is 0.0393. The van der Waals surface area contributed by atoms with Crippen LogP contribution < -0.4 is 38.9 Å². The van der Waals surface area contributed by atoms with Crippen LogP contribution in [0.1, 0.15) is 47.0 Å². The van der Waals surface area contributed by atoms with Gasteiger partial charge in [0.05, 0.1) is 0 Å². The highest BCUT2D eigenvalue weighted by Crippen LogP contribution is 2.04. The summed E-state index contributed by atoms with van der Waals surface area (Å²) in [7, 11) is 0. The molecule has 11 nitrogen and oxygen atoms in total. The van der Waals surface area contributed by atoms with Crippen molar-refractivity contribution in [2.45, 2.75) is 47.0 Å². The number of nitrogens with two attached hydrogens (primary N) is 4. The van der Waals surface area contributed by atoms with Gasteiger partial charge in [-0.25, -0.2) is 0 Å². The topological polar surface area (TPSA) is 153 Å². The Hall–Kier alpha value is -0.440. The van der Waals surface area contributed by atoms with Gasteiger partial charge in [0, 0.05) is 131 Å². The molecule has 0 saturated carbocycles. The van der Waals surface area contributed by atoms with Crippen molar-refractivity contribution in [3.05, 3.63) is 0 Å². The van der Waals surface area contributed by atoms with E-state index in [1.807, 2.05) is 0 Å². The summed E-state index contributed by atoms with van der Waals surface area (Å²) in [5.74, 6) is 1.47. The zero-order valence-corrected chi connectivity index (χ0v) is 27.7. The largest absolute Gasteiger partial charge is 0.329 e. The first-order valence-corrected chi connectivity index (χ1v) is 16.8. The lowest BCUT2D eigenvalue weighted by Crippen LogP contribution is -2.46. The SMILES string of the molecule is CCC(C)CCNCCN(CCN(CCN)CCN)CCN(CCNCCN)CCNCN(CCN)CC(C)CC. The molecule has 0 spiro atoms. The lowest BCUT2D eigenvalue weighted by molar-refractivity contribution is 0.174. The minimum Gasteiger partial charge on any atom is -0.329 e. The number of rotatable bonds is 32. The van der Waals surface area contributed by atoms with Crippen molar-refractivity contribution in [3.63, 3.8) is 0 Å². The van der Waals surface area contributed by atoms with Gasteiger partial charge < -0.3 is 38.9 Å². The Morgan fingerprint density at radius 1 is 0.463 bits per heavy atom. The van der Waals surface area contributed by atoms with E-state index in [0.717, 1.165) is 117 Å². The van der Waals surface area contributed by atoms with Crippen LogP contribution in [-0.4, -0.2) is 157 Å². The molecule has 11 heteroatoms. The van der Waals surface area contributed by atoms with E-state index in [2.05, 4.69) is 63.2 Å². The molecule has 0 rings (SSSR count). The average Bonchev–Trinajstić information content (AvgIpc) is 2.97. The number of hydrogen-bond acceptors (Lipinski definition) is 11. The third-order valence-electron chi connectivity index (χ3n) is 8.05. The third kappa shape index (κ3) is 24.7. The predicted octanol–water partition coefficient (Wildman–Crippen LogP) is -0.762. The molecule has 2 unspecified atom stereocenters. The normalized spacial score (nSPS) is 13.8. The van der Waals surface area contributed by atoms with Gasteiger partial charge in [0.2, 0.25) is 0 Å². The fourth-order valence-electron chi connectivity index (χ4n) is 4.78. The zero-order valence-electron chi connectivity index (χ0n) is 27.7. The van der Waals surface area contributed by atoms with Crippen LogP contribution in [0, 0.1) is 11.8 Å². The second-order valence-electron chi connectivity index (χ2n) is 11.7. The monoisotopic (exact) mass is 588 g/mol. The van der Waals surface area contributed by atoms with Gasteiger partial charge in [-0.1, -0.05) is 40.5 Å². The van der Waals surface area contributed by atoms with Crippen molar-refractivity contribution < 1.29 is 0 Å². The van der Waals surface area contributed by atoms with Gasteiger partial charge in [0.25, 0.3) is 0 Å². The molecule has 0 aromatic rings. The van der Waals surface area contributed by atoms with E-state index in [-0.39, 0.29) is 0 Å². The summed E-state index contributed by atoms with van der Waals surface area (Å²) in [5, 5.41) is 10.8. The summed E-state index contributed by atoms with van der Waals surface area (Å²) in [4.78, 5) is 10.0. The van der Waals surface area contributed by atoms with E-state index < -0.39 is 0 Å². The van der Waals surface area contributed by atoms with E-state index in [1.165, 1.54) is 19.3 Å². The molecule has 11 N–H and O–H groups in total. The van der Waals surface area contributed by atoms with Crippen LogP contribution in [0.3, 0.4) is 0 Å². The van der Waals surface area contributed by atoms with Crippen LogP contribution in [0.2, 0.25) is 0 Å². The van der Waals surface area contributed by atoms with Crippen molar-refractivity contribution >= 4 is 0 Å². The second kappa shape index (κ2) is 29.6. The molecule has 0 heterocycles. The van der Waals surface area contributed by atoms with Crippen LogP contribution in [0.15, 0.2) is 0 Å². The van der Waals surface area contributed by atoms with Crippen molar-refractivity contribution in [3.8, 4) is 0 Å². The highest BCUT2D eigenvalue weighted by molar-refractivity contribution is 4.71. The third-order valence-corrected chi connectivity index (χ3v) is 8.05. The molecular weight excluding hydrogens is 514 g/mol. The fourth-order valence-corrected chi connectivity index (χ4v) is 4.78. The van der Waals surface area contributed by atoms with Gasteiger partial charge in [-0.2, -0.15) is 0 Å². The van der Waals surface area contributed by atoms with Crippen LogP contribution in [-0.2, 0) is 0 Å². The van der Waals surface area contributed by atoms with Crippen molar-refractivity contribution in [1.29, 1.82) is 0 Å². The first-order chi connectivity index (χ1) is 19.9. The van der Waals surface area contributed by atoms with Crippen LogP contribution in [0.25, 0.3) is 0 Å². The molecule has 0 bridgehead atoms. The maximum Gasteiger partial charge on any atom is 0.0481 e. The van der Waals surface area contributed by atoms with E-state index in [1.54, 1.807) is 0 Å². The summed E-state index contributed by atoms with van der Waals surface area (Å²) in [6, 6.07) is 0. The van der Waals surface area contributed by atoms with Gasteiger partial charge in [-0.05, 0) is 24.8 Å². The van der Waals surface area contributed by atoms with Crippen molar-refractivity contribution in [1.82, 2.24) is 35.6 Å². The zero-order chi connectivity index (χ0) is 30.6. The first kappa shape index (κ1) is 40.6. The van der Waals surface area contributed by atoms with Gasteiger partial charge in [-0.3, -0.25) is 19.6 Å². The molecule has 0 aliphatic heterocycles. The van der Waals surface area contributed by atoms with Crippen LogP contribution in [0.5, 0.6) is 0 Å². The van der Waals surface area contributed by atoms with E-state index in [4.69, 9.17) is 22.9 Å². The maximum atomic E-state index is 5.88. The minimum absolute atomic E-state index is 0.674. The highest BCUT2D eigenvalue weighted by Gasteiger charge is 2.13. The standard InChI is InChI=1S/C30H73N11/c1-5-29(3)7-12-35-14-21-40(25-23-38(17-9-32)18-10-33)26-24-39(20-15-36-13-8-31)22-16-37-28-41(19-11-34)27-30(4)6-2/h29-30,35-37H,5-28,31-34H2,1-4H3. The number of nitrogens with zero attached hydrogens (tertiary/aromatic N) is 4. The Morgan fingerprint density at radius 2 is 0.902 bits per heavy atom. The van der Waals surface area contributed by atoms with Crippen molar-refractivity contribution in [2.75, 3.05) is 138 Å². The van der Waals surface area contributed by atoms with E-state index in [9.17, 15) is 0 Å². The van der Waals surface area contributed by atoms with E-state index >= 15 is 0 Å². The molecule has 0 aromatic heterocycles. The molecule has 0 amide bonds. The van der Waals surface area contributed by atoms with Gasteiger partial charge >= 0.3 is 0 Å². The lowest BCUT2D eigenvalue weighted by Gasteiger charge is -2.30. The molecule has 0 aliphatic rings. The smallest absolute Gasteiger partial charge is 0.0481 e. The van der Waals surface area contributed by atoms with Crippen LogP contribution in [0.4, 0.5) is 0 Å².